The molecule has 2 aromatic carbocycles. The number of phenolic OH excluding ortho intramolecular Hbond substituents is 1. The Hall–Kier alpha value is -3.95. The summed E-state index contributed by atoms with van der Waals surface area (Å²) in [6.07, 6.45) is 0. The molecule has 10 nitrogen and oxygen atoms in total. The molecule has 154 valence electrons. The molecule has 10 heteroatoms. The molecule has 0 spiro atoms. The molecule has 0 aromatic heterocycles. The summed E-state index contributed by atoms with van der Waals surface area (Å²) in [5, 5.41) is 21.2. The van der Waals surface area contributed by atoms with Crippen LogP contribution in [0, 0.1) is 10.1 Å². The molecule has 2 heterocycles. The van der Waals surface area contributed by atoms with Gasteiger partial charge in [-0.1, -0.05) is 18.2 Å². The quantitative estimate of drug-likeness (QED) is 0.457. The summed E-state index contributed by atoms with van der Waals surface area (Å²) >= 11 is 0. The first kappa shape index (κ1) is 19.4. The Kier molecular flexibility index (Phi) is 4.82. The number of nitrogens with zero attached hydrogens (tertiary/aromatic N) is 4. The Balaban J connectivity index is 1.43. The smallest absolute Gasteiger partial charge is 0.282 e. The van der Waals surface area contributed by atoms with Gasteiger partial charge in [-0.25, -0.2) is 0 Å². The van der Waals surface area contributed by atoms with E-state index in [0.717, 1.165) is 11.0 Å². The van der Waals surface area contributed by atoms with Crippen LogP contribution >= 0.6 is 0 Å². The highest BCUT2D eigenvalue weighted by molar-refractivity contribution is 6.24. The largest absolute Gasteiger partial charge is 0.506 e. The van der Waals surface area contributed by atoms with Gasteiger partial charge >= 0.3 is 0 Å². The van der Waals surface area contributed by atoms with Crippen molar-refractivity contribution < 1.29 is 24.4 Å². The summed E-state index contributed by atoms with van der Waals surface area (Å²) < 4.78 is 0. The second-order valence-electron chi connectivity index (χ2n) is 7.01. The number of hydrogen-bond donors (Lipinski definition) is 1. The number of anilines is 1. The number of rotatable bonds is 4. The van der Waals surface area contributed by atoms with Crippen LogP contribution in [0.25, 0.3) is 0 Å². The lowest BCUT2D eigenvalue weighted by atomic mass is 10.1. The number of carbonyl (C=O) groups excluding carboxylic acids is 3. The van der Waals surface area contributed by atoms with Gasteiger partial charge in [-0.2, -0.15) is 0 Å². The van der Waals surface area contributed by atoms with Crippen molar-refractivity contribution in [3.05, 3.63) is 63.7 Å². The zero-order valence-electron chi connectivity index (χ0n) is 15.9. The minimum Gasteiger partial charge on any atom is -0.506 e. The maximum atomic E-state index is 12.7. The maximum absolute atomic E-state index is 12.7. The molecule has 1 N–H and O–H groups in total. The van der Waals surface area contributed by atoms with Gasteiger partial charge in [0.2, 0.25) is 5.91 Å². The Morgan fingerprint density at radius 1 is 1.00 bits per heavy atom. The Morgan fingerprint density at radius 2 is 1.70 bits per heavy atom. The topological polar surface area (TPSA) is 124 Å². The number of nitro groups is 1. The number of amides is 3. The average Bonchev–Trinajstić information content (AvgIpc) is 2.99. The molecule has 30 heavy (non-hydrogen) atoms. The summed E-state index contributed by atoms with van der Waals surface area (Å²) in [4.78, 5) is 52.6. The zero-order valence-corrected chi connectivity index (χ0v) is 15.9. The van der Waals surface area contributed by atoms with Crippen LogP contribution in [-0.4, -0.2) is 70.3 Å². The van der Waals surface area contributed by atoms with Gasteiger partial charge in [0.1, 0.15) is 17.9 Å². The molecule has 3 amide bonds. The van der Waals surface area contributed by atoms with Crippen molar-refractivity contribution in [1.82, 2.24) is 9.80 Å². The third kappa shape index (κ3) is 3.21. The number of para-hydroxylation sites is 2. The number of fused-ring (bicyclic) bond motifs is 1. The highest BCUT2D eigenvalue weighted by Crippen LogP contribution is 2.31. The maximum Gasteiger partial charge on any atom is 0.282 e. The molecule has 0 radical (unpaired) electrons. The van der Waals surface area contributed by atoms with E-state index in [4.69, 9.17) is 0 Å². The number of piperazine rings is 1. The minimum absolute atomic E-state index is 0.0635. The van der Waals surface area contributed by atoms with Gasteiger partial charge in [-0.3, -0.25) is 29.4 Å². The van der Waals surface area contributed by atoms with E-state index in [9.17, 15) is 29.6 Å². The summed E-state index contributed by atoms with van der Waals surface area (Å²) in [6, 6.07) is 10.8. The van der Waals surface area contributed by atoms with Gasteiger partial charge in [-0.05, 0) is 18.2 Å². The van der Waals surface area contributed by atoms with Gasteiger partial charge < -0.3 is 14.9 Å². The Labute approximate surface area is 171 Å². The first-order chi connectivity index (χ1) is 14.4. The SMILES string of the molecule is O=C(CN1C(=O)c2cccc([N+](=O)[O-])c2C1=O)N1CCN(c2ccccc2O)CC1. The molecule has 0 aliphatic carbocycles. The second-order valence-corrected chi connectivity index (χ2v) is 7.01. The molecule has 4 rings (SSSR count). The fourth-order valence-corrected chi connectivity index (χ4v) is 3.78. The Morgan fingerprint density at radius 3 is 2.37 bits per heavy atom. The van der Waals surface area contributed by atoms with Crippen molar-refractivity contribution >= 4 is 29.1 Å². The molecular weight excluding hydrogens is 392 g/mol. The number of aromatic hydroxyl groups is 1. The van der Waals surface area contributed by atoms with Gasteiger partial charge in [0.15, 0.2) is 0 Å². The lowest BCUT2D eigenvalue weighted by molar-refractivity contribution is -0.385. The van der Waals surface area contributed by atoms with Crippen molar-refractivity contribution in [2.24, 2.45) is 0 Å². The monoisotopic (exact) mass is 410 g/mol. The van der Waals surface area contributed by atoms with Crippen molar-refractivity contribution in [3.8, 4) is 5.75 Å². The van der Waals surface area contributed by atoms with Crippen LogP contribution in [0.15, 0.2) is 42.5 Å². The summed E-state index contributed by atoms with van der Waals surface area (Å²) in [7, 11) is 0. The molecule has 0 unspecified atom stereocenters. The third-order valence-electron chi connectivity index (χ3n) is 5.32. The second kappa shape index (κ2) is 7.47. The average molecular weight is 410 g/mol. The van der Waals surface area contributed by atoms with E-state index in [1.807, 2.05) is 11.0 Å². The van der Waals surface area contributed by atoms with Crippen molar-refractivity contribution in [2.45, 2.75) is 0 Å². The molecule has 2 aliphatic heterocycles. The molecule has 0 atom stereocenters. The summed E-state index contributed by atoms with van der Waals surface area (Å²) in [5.74, 6) is -1.79. The van der Waals surface area contributed by atoms with E-state index in [1.165, 1.54) is 17.0 Å². The molecule has 2 aromatic rings. The number of hydrogen-bond acceptors (Lipinski definition) is 7. The van der Waals surface area contributed by atoms with E-state index in [0.29, 0.717) is 31.9 Å². The van der Waals surface area contributed by atoms with E-state index in [-0.39, 0.29) is 16.9 Å². The molecule has 1 saturated heterocycles. The molecule has 0 saturated carbocycles. The van der Waals surface area contributed by atoms with E-state index in [1.54, 1.807) is 18.2 Å². The van der Waals surface area contributed by atoms with Crippen molar-refractivity contribution in [1.29, 1.82) is 0 Å². The highest BCUT2D eigenvalue weighted by Gasteiger charge is 2.42. The third-order valence-corrected chi connectivity index (χ3v) is 5.32. The van der Waals surface area contributed by atoms with E-state index < -0.39 is 34.9 Å². The Bertz CT molecular complexity index is 1060. The fraction of sp³-hybridized carbons (Fsp3) is 0.250. The van der Waals surface area contributed by atoms with Crippen molar-refractivity contribution in [2.75, 3.05) is 37.6 Å². The van der Waals surface area contributed by atoms with Crippen LogP contribution in [0.1, 0.15) is 20.7 Å². The molecule has 0 bridgehead atoms. The molecule has 1 fully saturated rings. The van der Waals surface area contributed by atoms with Crippen molar-refractivity contribution in [3.63, 3.8) is 0 Å². The predicted molar refractivity (Wildman–Crippen MR) is 105 cm³/mol. The number of carbonyl (C=O) groups is 3. The normalized spacial score (nSPS) is 16.1. The van der Waals surface area contributed by atoms with Gasteiger partial charge in [0, 0.05) is 32.2 Å². The van der Waals surface area contributed by atoms with Crippen LogP contribution in [0.3, 0.4) is 0 Å². The number of imide groups is 1. The predicted octanol–water partition coefficient (Wildman–Crippen LogP) is 1.25. The number of benzene rings is 2. The number of phenols is 1. The molecule has 2 aliphatic rings. The van der Waals surface area contributed by atoms with Crippen LogP contribution < -0.4 is 4.90 Å². The van der Waals surface area contributed by atoms with Gasteiger partial charge in [0.25, 0.3) is 17.5 Å². The standard InChI is InChI=1S/C20H18N4O6/c25-16-7-2-1-5-14(16)21-8-10-22(11-9-21)17(26)12-23-19(27)13-4-3-6-15(24(29)30)18(13)20(23)28/h1-7,25H,8-12H2. The summed E-state index contributed by atoms with van der Waals surface area (Å²) in [5.41, 5.74) is -0.106. The minimum atomic E-state index is -0.830. The lowest BCUT2D eigenvalue weighted by Gasteiger charge is -2.36. The summed E-state index contributed by atoms with van der Waals surface area (Å²) in [6.45, 7) is 1.21. The van der Waals surface area contributed by atoms with Gasteiger partial charge in [0.05, 0.1) is 16.2 Å². The van der Waals surface area contributed by atoms with E-state index in [2.05, 4.69) is 0 Å². The van der Waals surface area contributed by atoms with Crippen LogP contribution in [-0.2, 0) is 4.79 Å². The van der Waals surface area contributed by atoms with Gasteiger partial charge in [-0.15, -0.1) is 0 Å². The van der Waals surface area contributed by atoms with Crippen LogP contribution in [0.5, 0.6) is 5.75 Å². The number of nitro benzene ring substituents is 1. The van der Waals surface area contributed by atoms with E-state index >= 15 is 0 Å². The lowest BCUT2D eigenvalue weighted by Crippen LogP contribution is -2.51. The first-order valence-electron chi connectivity index (χ1n) is 9.33. The molecular formula is C20H18N4O6. The first-order valence-corrected chi connectivity index (χ1v) is 9.33. The highest BCUT2D eigenvalue weighted by atomic mass is 16.6. The zero-order chi connectivity index (χ0) is 21.4. The van der Waals surface area contributed by atoms with Crippen LogP contribution in [0.2, 0.25) is 0 Å². The van der Waals surface area contributed by atoms with Crippen LogP contribution in [0.4, 0.5) is 11.4 Å². The fourth-order valence-electron chi connectivity index (χ4n) is 3.78.